The van der Waals surface area contributed by atoms with Crippen LogP contribution < -0.4 is 10.5 Å². The van der Waals surface area contributed by atoms with Crippen molar-refractivity contribution >= 4 is 17.2 Å². The van der Waals surface area contributed by atoms with Crippen molar-refractivity contribution in [1.82, 2.24) is 4.90 Å². The van der Waals surface area contributed by atoms with Crippen molar-refractivity contribution in [3.63, 3.8) is 0 Å². The molecule has 17 heavy (non-hydrogen) atoms. The fourth-order valence-electron chi connectivity index (χ4n) is 1.53. The molecule has 0 aliphatic carbocycles. The summed E-state index contributed by atoms with van der Waals surface area (Å²) < 4.78 is 5.71. The van der Waals surface area contributed by atoms with Gasteiger partial charge in [0.2, 0.25) is 0 Å². The van der Waals surface area contributed by atoms with Gasteiger partial charge in [-0.2, -0.15) is 0 Å². The Balaban J connectivity index is 2.61. The number of thiocarbonyl (C=S) groups is 1. The van der Waals surface area contributed by atoms with Crippen LogP contribution in [0.1, 0.15) is 17.5 Å². The van der Waals surface area contributed by atoms with Crippen LogP contribution >= 0.6 is 12.2 Å². The fraction of sp³-hybridized carbons (Fsp3) is 0.462. The van der Waals surface area contributed by atoms with E-state index < -0.39 is 0 Å². The van der Waals surface area contributed by atoms with Crippen LogP contribution in [0, 0.1) is 6.92 Å². The van der Waals surface area contributed by atoms with Crippen molar-refractivity contribution in [3.05, 3.63) is 29.3 Å². The minimum Gasteiger partial charge on any atom is -0.493 e. The molecule has 0 fully saturated rings. The predicted octanol–water partition coefficient (Wildman–Crippen LogP) is 1.96. The van der Waals surface area contributed by atoms with E-state index in [0.29, 0.717) is 11.6 Å². The first-order valence-corrected chi connectivity index (χ1v) is 6.09. The Bertz CT molecular complexity index is 391. The Hall–Kier alpha value is -1.13. The van der Waals surface area contributed by atoms with Crippen molar-refractivity contribution in [2.24, 2.45) is 5.73 Å². The second kappa shape index (κ2) is 6.57. The summed E-state index contributed by atoms with van der Waals surface area (Å²) in [7, 11) is 4.10. The van der Waals surface area contributed by atoms with Crippen molar-refractivity contribution < 1.29 is 4.74 Å². The van der Waals surface area contributed by atoms with Crippen molar-refractivity contribution in [3.8, 4) is 5.75 Å². The van der Waals surface area contributed by atoms with E-state index in [1.54, 1.807) is 0 Å². The van der Waals surface area contributed by atoms with E-state index in [0.717, 1.165) is 29.8 Å². The minimum absolute atomic E-state index is 0.385. The molecule has 0 aliphatic heterocycles. The predicted molar refractivity (Wildman–Crippen MR) is 75.7 cm³/mol. The van der Waals surface area contributed by atoms with Crippen LogP contribution in [0.5, 0.6) is 5.75 Å². The zero-order valence-electron chi connectivity index (χ0n) is 10.7. The van der Waals surface area contributed by atoms with Gasteiger partial charge < -0.3 is 15.4 Å². The van der Waals surface area contributed by atoms with E-state index in [-0.39, 0.29) is 0 Å². The van der Waals surface area contributed by atoms with Crippen molar-refractivity contribution in [2.75, 3.05) is 27.2 Å². The summed E-state index contributed by atoms with van der Waals surface area (Å²) in [6.07, 6.45) is 0.984. The van der Waals surface area contributed by atoms with Gasteiger partial charge in [0.1, 0.15) is 10.7 Å². The molecule has 4 heteroatoms. The first-order valence-electron chi connectivity index (χ1n) is 5.68. The van der Waals surface area contributed by atoms with Gasteiger partial charge in [-0.05, 0) is 39.6 Å². The lowest BCUT2D eigenvalue weighted by atomic mass is 10.1. The van der Waals surface area contributed by atoms with Gasteiger partial charge in [0.15, 0.2) is 0 Å². The lowest BCUT2D eigenvalue weighted by Gasteiger charge is -2.13. The Morgan fingerprint density at radius 1 is 1.41 bits per heavy atom. The number of nitrogens with two attached hydrogens (primary N) is 1. The smallest absolute Gasteiger partial charge is 0.129 e. The SMILES string of the molecule is Cc1ccc(OCCCN(C)C)c(C(N)=S)c1. The number of hydrogen-bond donors (Lipinski definition) is 1. The van der Waals surface area contributed by atoms with Gasteiger partial charge in [-0.1, -0.05) is 23.8 Å². The summed E-state index contributed by atoms with van der Waals surface area (Å²) in [5.41, 5.74) is 7.64. The van der Waals surface area contributed by atoms with Crippen molar-refractivity contribution in [1.29, 1.82) is 0 Å². The average Bonchev–Trinajstić information content (AvgIpc) is 2.25. The highest BCUT2D eigenvalue weighted by molar-refractivity contribution is 7.80. The molecule has 0 amide bonds. The third-order valence-electron chi connectivity index (χ3n) is 2.41. The van der Waals surface area contributed by atoms with Crippen LogP contribution in [0.4, 0.5) is 0 Å². The molecular formula is C13H20N2OS. The van der Waals surface area contributed by atoms with E-state index in [4.69, 9.17) is 22.7 Å². The van der Waals surface area contributed by atoms with E-state index in [2.05, 4.69) is 4.90 Å². The molecule has 1 rings (SSSR count). The van der Waals surface area contributed by atoms with Crippen LogP contribution in [0.2, 0.25) is 0 Å². The quantitative estimate of drug-likeness (QED) is 0.620. The number of rotatable bonds is 6. The first kappa shape index (κ1) is 13.9. The molecular weight excluding hydrogens is 232 g/mol. The molecule has 0 unspecified atom stereocenters. The second-order valence-electron chi connectivity index (χ2n) is 4.37. The molecule has 0 spiro atoms. The topological polar surface area (TPSA) is 38.5 Å². The first-order chi connectivity index (χ1) is 8.00. The molecule has 1 aromatic carbocycles. The molecule has 0 heterocycles. The largest absolute Gasteiger partial charge is 0.493 e. The summed E-state index contributed by atoms with van der Waals surface area (Å²) >= 11 is 5.02. The number of ether oxygens (including phenoxy) is 1. The summed E-state index contributed by atoms with van der Waals surface area (Å²) in [5.74, 6) is 0.779. The Morgan fingerprint density at radius 2 is 2.12 bits per heavy atom. The molecule has 0 atom stereocenters. The Kier molecular flexibility index (Phi) is 5.38. The third-order valence-corrected chi connectivity index (χ3v) is 2.63. The van der Waals surface area contributed by atoms with Gasteiger partial charge in [0.25, 0.3) is 0 Å². The van der Waals surface area contributed by atoms with Gasteiger partial charge in [0, 0.05) is 6.54 Å². The Morgan fingerprint density at radius 3 is 2.71 bits per heavy atom. The highest BCUT2D eigenvalue weighted by atomic mass is 32.1. The van der Waals surface area contributed by atoms with E-state index in [1.165, 1.54) is 0 Å². The molecule has 0 aromatic heterocycles. The molecule has 0 radical (unpaired) electrons. The zero-order valence-corrected chi connectivity index (χ0v) is 11.5. The third kappa shape index (κ3) is 4.71. The van der Waals surface area contributed by atoms with Crippen LogP contribution in [0.25, 0.3) is 0 Å². The van der Waals surface area contributed by atoms with Gasteiger partial charge in [0.05, 0.1) is 12.2 Å². The zero-order chi connectivity index (χ0) is 12.8. The van der Waals surface area contributed by atoms with E-state index in [1.807, 2.05) is 39.2 Å². The van der Waals surface area contributed by atoms with Crippen LogP contribution in [0.3, 0.4) is 0 Å². The molecule has 1 aromatic rings. The molecule has 0 saturated heterocycles. The maximum Gasteiger partial charge on any atom is 0.129 e. The maximum absolute atomic E-state index is 5.71. The molecule has 0 saturated carbocycles. The lowest BCUT2D eigenvalue weighted by molar-refractivity contribution is 0.281. The molecule has 94 valence electrons. The number of hydrogen-bond acceptors (Lipinski definition) is 3. The summed E-state index contributed by atoms with van der Waals surface area (Å²) in [5, 5.41) is 0. The van der Waals surface area contributed by atoms with Crippen molar-refractivity contribution in [2.45, 2.75) is 13.3 Å². The van der Waals surface area contributed by atoms with Crippen LogP contribution in [0.15, 0.2) is 18.2 Å². The Labute approximate surface area is 109 Å². The molecule has 2 N–H and O–H groups in total. The average molecular weight is 252 g/mol. The summed E-state index contributed by atoms with van der Waals surface area (Å²) in [4.78, 5) is 2.52. The maximum atomic E-state index is 5.71. The van der Waals surface area contributed by atoms with Gasteiger partial charge in [-0.3, -0.25) is 0 Å². The van der Waals surface area contributed by atoms with Gasteiger partial charge in [-0.15, -0.1) is 0 Å². The fourth-order valence-corrected chi connectivity index (χ4v) is 1.68. The minimum atomic E-state index is 0.385. The normalized spacial score (nSPS) is 10.6. The summed E-state index contributed by atoms with van der Waals surface area (Å²) in [6.45, 7) is 3.70. The summed E-state index contributed by atoms with van der Waals surface area (Å²) in [6, 6.07) is 5.89. The monoisotopic (exact) mass is 252 g/mol. The molecule has 0 aliphatic rings. The highest BCUT2D eigenvalue weighted by Crippen LogP contribution is 2.20. The second-order valence-corrected chi connectivity index (χ2v) is 4.81. The van der Waals surface area contributed by atoms with Crippen LogP contribution in [-0.2, 0) is 0 Å². The highest BCUT2D eigenvalue weighted by Gasteiger charge is 2.06. The van der Waals surface area contributed by atoms with E-state index >= 15 is 0 Å². The molecule has 3 nitrogen and oxygen atoms in total. The van der Waals surface area contributed by atoms with Gasteiger partial charge >= 0.3 is 0 Å². The van der Waals surface area contributed by atoms with Gasteiger partial charge in [-0.25, -0.2) is 0 Å². The number of aryl methyl sites for hydroxylation is 1. The number of nitrogens with zero attached hydrogens (tertiary/aromatic N) is 1. The lowest BCUT2D eigenvalue weighted by Crippen LogP contribution is -2.17. The van der Waals surface area contributed by atoms with E-state index in [9.17, 15) is 0 Å². The number of benzene rings is 1. The van der Waals surface area contributed by atoms with Crippen LogP contribution in [-0.4, -0.2) is 37.1 Å². The molecule has 0 bridgehead atoms. The standard InChI is InChI=1S/C13H20N2OS/c1-10-5-6-12(11(9-10)13(14)17)16-8-4-7-15(2)3/h5-6,9H,4,7-8H2,1-3H3,(H2,14,17).